The van der Waals surface area contributed by atoms with Gasteiger partial charge in [0.15, 0.2) is 0 Å². The molecule has 1 heterocycles. The van der Waals surface area contributed by atoms with Crippen molar-refractivity contribution in [1.82, 2.24) is 10.3 Å². The van der Waals surface area contributed by atoms with Gasteiger partial charge in [-0.1, -0.05) is 6.92 Å². The fourth-order valence-electron chi connectivity index (χ4n) is 1.49. The van der Waals surface area contributed by atoms with E-state index in [0.717, 1.165) is 12.2 Å². The maximum atomic E-state index is 13.1. The molecule has 0 aliphatic carbocycles. The first-order valence-corrected chi connectivity index (χ1v) is 6.56. The minimum atomic E-state index is -0.406. The van der Waals surface area contributed by atoms with Crippen molar-refractivity contribution in [3.8, 4) is 0 Å². The minimum absolute atomic E-state index is 0.202. The Labute approximate surface area is 118 Å². The Kier molecular flexibility index (Phi) is 4.31. The van der Waals surface area contributed by atoms with Crippen LogP contribution in [0.5, 0.6) is 0 Å². The molecule has 0 aliphatic heterocycles. The van der Waals surface area contributed by atoms with Crippen LogP contribution < -0.4 is 5.32 Å². The van der Waals surface area contributed by atoms with E-state index >= 15 is 0 Å². The van der Waals surface area contributed by atoms with Crippen molar-refractivity contribution in [3.05, 3.63) is 51.9 Å². The SMILES string of the molecule is CCc1cnc(CNC(=O)c2ccc(F)c(Br)c2)o1. The summed E-state index contributed by atoms with van der Waals surface area (Å²) in [7, 11) is 0. The number of amides is 1. The third-order valence-electron chi connectivity index (χ3n) is 2.53. The molecule has 0 fully saturated rings. The Hall–Kier alpha value is -1.69. The molecule has 6 heteroatoms. The van der Waals surface area contributed by atoms with E-state index in [4.69, 9.17) is 4.42 Å². The van der Waals surface area contributed by atoms with Gasteiger partial charge in [0.05, 0.1) is 17.2 Å². The summed E-state index contributed by atoms with van der Waals surface area (Å²) in [6, 6.07) is 4.08. The van der Waals surface area contributed by atoms with E-state index in [1.165, 1.54) is 18.2 Å². The van der Waals surface area contributed by atoms with Crippen molar-refractivity contribution in [2.45, 2.75) is 19.9 Å². The highest BCUT2D eigenvalue weighted by atomic mass is 79.9. The highest BCUT2D eigenvalue weighted by molar-refractivity contribution is 9.10. The molecular weight excluding hydrogens is 315 g/mol. The molecule has 4 nitrogen and oxygen atoms in total. The predicted molar refractivity (Wildman–Crippen MR) is 71.2 cm³/mol. The number of benzene rings is 1. The van der Waals surface area contributed by atoms with Crippen molar-refractivity contribution in [1.29, 1.82) is 0 Å². The number of nitrogens with zero attached hydrogens (tertiary/aromatic N) is 1. The van der Waals surface area contributed by atoms with Gasteiger partial charge in [0.1, 0.15) is 11.6 Å². The van der Waals surface area contributed by atoms with Gasteiger partial charge in [0.25, 0.3) is 5.91 Å². The van der Waals surface area contributed by atoms with Gasteiger partial charge in [-0.2, -0.15) is 0 Å². The van der Waals surface area contributed by atoms with Crippen molar-refractivity contribution < 1.29 is 13.6 Å². The van der Waals surface area contributed by atoms with Crippen molar-refractivity contribution in [3.63, 3.8) is 0 Å². The molecule has 1 aromatic carbocycles. The zero-order valence-corrected chi connectivity index (χ0v) is 11.8. The molecule has 0 saturated carbocycles. The van der Waals surface area contributed by atoms with E-state index in [1.807, 2.05) is 6.92 Å². The Morgan fingerprint density at radius 2 is 2.32 bits per heavy atom. The van der Waals surface area contributed by atoms with Crippen molar-refractivity contribution in [2.24, 2.45) is 0 Å². The second-order valence-corrected chi connectivity index (χ2v) is 4.74. The smallest absolute Gasteiger partial charge is 0.251 e. The predicted octanol–water partition coefficient (Wildman–Crippen LogP) is 3.07. The molecule has 0 atom stereocenters. The summed E-state index contributed by atoms with van der Waals surface area (Å²) in [6.07, 6.45) is 2.39. The summed E-state index contributed by atoms with van der Waals surface area (Å²) in [5.41, 5.74) is 0.371. The van der Waals surface area contributed by atoms with Crippen LogP contribution in [-0.2, 0) is 13.0 Å². The van der Waals surface area contributed by atoms with Gasteiger partial charge in [0.2, 0.25) is 5.89 Å². The van der Waals surface area contributed by atoms with E-state index in [1.54, 1.807) is 6.20 Å². The van der Waals surface area contributed by atoms with Crippen LogP contribution in [0, 0.1) is 5.82 Å². The molecule has 2 aromatic rings. The maximum Gasteiger partial charge on any atom is 0.251 e. The summed E-state index contributed by atoms with van der Waals surface area (Å²) in [4.78, 5) is 15.9. The first-order chi connectivity index (χ1) is 9.10. The van der Waals surface area contributed by atoms with Crippen LogP contribution in [0.1, 0.15) is 28.9 Å². The molecule has 0 aliphatic rings. The Bertz CT molecular complexity index is 598. The number of hydrogen-bond acceptors (Lipinski definition) is 3. The fraction of sp³-hybridized carbons (Fsp3) is 0.231. The number of halogens is 2. The molecule has 2 rings (SSSR count). The Balaban J connectivity index is 1.99. The summed E-state index contributed by atoms with van der Waals surface area (Å²) in [5, 5.41) is 2.66. The molecule has 0 spiro atoms. The van der Waals surface area contributed by atoms with Crippen molar-refractivity contribution >= 4 is 21.8 Å². The molecule has 1 amide bonds. The van der Waals surface area contributed by atoms with Crippen LogP contribution in [-0.4, -0.2) is 10.9 Å². The van der Waals surface area contributed by atoms with Gasteiger partial charge in [-0.15, -0.1) is 0 Å². The molecule has 1 N–H and O–H groups in total. The molecule has 100 valence electrons. The lowest BCUT2D eigenvalue weighted by molar-refractivity contribution is 0.0947. The zero-order chi connectivity index (χ0) is 13.8. The Morgan fingerprint density at radius 1 is 1.53 bits per heavy atom. The first-order valence-electron chi connectivity index (χ1n) is 5.77. The molecular formula is C13H12BrFN2O2. The van der Waals surface area contributed by atoms with E-state index in [0.29, 0.717) is 11.5 Å². The zero-order valence-electron chi connectivity index (χ0n) is 10.2. The number of aromatic nitrogens is 1. The van der Waals surface area contributed by atoms with Gasteiger partial charge in [-0.25, -0.2) is 9.37 Å². The summed E-state index contributed by atoms with van der Waals surface area (Å²) >= 11 is 3.04. The van der Waals surface area contributed by atoms with Gasteiger partial charge in [-0.3, -0.25) is 4.79 Å². The average Bonchev–Trinajstić information content (AvgIpc) is 2.87. The second kappa shape index (κ2) is 5.97. The number of nitrogens with one attached hydrogen (secondary N) is 1. The number of hydrogen-bond donors (Lipinski definition) is 1. The first kappa shape index (κ1) is 13.7. The molecule has 1 aromatic heterocycles. The molecule has 0 bridgehead atoms. The number of oxazole rings is 1. The van der Waals surface area contributed by atoms with Crippen LogP contribution in [0.3, 0.4) is 0 Å². The number of rotatable bonds is 4. The molecule has 0 saturated heterocycles. The van der Waals surface area contributed by atoms with Gasteiger partial charge in [0, 0.05) is 12.0 Å². The van der Waals surface area contributed by atoms with E-state index in [2.05, 4.69) is 26.2 Å². The third kappa shape index (κ3) is 3.41. The van der Waals surface area contributed by atoms with Crippen LogP contribution in [0.25, 0.3) is 0 Å². The normalized spacial score (nSPS) is 10.5. The number of carbonyl (C=O) groups is 1. The van der Waals surface area contributed by atoms with Crippen LogP contribution in [0.4, 0.5) is 4.39 Å². The van der Waals surface area contributed by atoms with E-state index in [-0.39, 0.29) is 16.9 Å². The lowest BCUT2D eigenvalue weighted by Gasteiger charge is -2.03. The standard InChI is InChI=1S/C13H12BrFN2O2/c1-2-9-6-16-12(19-9)7-17-13(18)8-3-4-11(15)10(14)5-8/h3-6H,2,7H2,1H3,(H,17,18). The average molecular weight is 327 g/mol. The maximum absolute atomic E-state index is 13.1. The summed E-state index contributed by atoms with van der Waals surface area (Å²) in [5.74, 6) is 0.508. The fourth-order valence-corrected chi connectivity index (χ4v) is 1.87. The van der Waals surface area contributed by atoms with Gasteiger partial charge < -0.3 is 9.73 Å². The highest BCUT2D eigenvalue weighted by Crippen LogP contribution is 2.16. The highest BCUT2D eigenvalue weighted by Gasteiger charge is 2.10. The molecule has 19 heavy (non-hydrogen) atoms. The van der Waals surface area contributed by atoms with Crippen molar-refractivity contribution in [2.75, 3.05) is 0 Å². The van der Waals surface area contributed by atoms with Crippen LogP contribution in [0.2, 0.25) is 0 Å². The second-order valence-electron chi connectivity index (χ2n) is 3.89. The van der Waals surface area contributed by atoms with E-state index in [9.17, 15) is 9.18 Å². The van der Waals surface area contributed by atoms with Crippen LogP contribution >= 0.6 is 15.9 Å². The largest absolute Gasteiger partial charge is 0.444 e. The Morgan fingerprint density at radius 3 is 2.95 bits per heavy atom. The lowest BCUT2D eigenvalue weighted by atomic mass is 10.2. The molecule has 0 unspecified atom stereocenters. The number of carbonyl (C=O) groups excluding carboxylic acids is 1. The number of aryl methyl sites for hydroxylation is 1. The van der Waals surface area contributed by atoms with Crippen LogP contribution in [0.15, 0.2) is 33.3 Å². The monoisotopic (exact) mass is 326 g/mol. The summed E-state index contributed by atoms with van der Waals surface area (Å²) in [6.45, 7) is 2.16. The topological polar surface area (TPSA) is 55.1 Å². The lowest BCUT2D eigenvalue weighted by Crippen LogP contribution is -2.22. The van der Waals surface area contributed by atoms with Gasteiger partial charge >= 0.3 is 0 Å². The third-order valence-corrected chi connectivity index (χ3v) is 3.14. The van der Waals surface area contributed by atoms with Gasteiger partial charge in [-0.05, 0) is 34.1 Å². The minimum Gasteiger partial charge on any atom is -0.444 e. The molecule has 0 radical (unpaired) electrons. The van der Waals surface area contributed by atoms with E-state index < -0.39 is 5.82 Å². The summed E-state index contributed by atoms with van der Waals surface area (Å²) < 4.78 is 18.7. The quantitative estimate of drug-likeness (QED) is 0.939.